The van der Waals surface area contributed by atoms with E-state index in [1.807, 2.05) is 0 Å². The maximum atomic E-state index is 12.5. The van der Waals surface area contributed by atoms with Crippen molar-refractivity contribution in [3.05, 3.63) is 52.5 Å². The molecular weight excluding hydrogens is 227 g/mol. The van der Waals surface area contributed by atoms with Gasteiger partial charge in [-0.1, -0.05) is 0 Å². The van der Waals surface area contributed by atoms with Crippen molar-refractivity contribution in [2.75, 3.05) is 5.32 Å². The van der Waals surface area contributed by atoms with Crippen LogP contribution < -0.4 is 10.9 Å². The van der Waals surface area contributed by atoms with Crippen LogP contribution in [0.4, 0.5) is 10.1 Å². The van der Waals surface area contributed by atoms with Crippen molar-refractivity contribution in [3.63, 3.8) is 0 Å². The zero-order chi connectivity index (χ0) is 12.3. The normalized spacial score (nSPS) is 9.94. The lowest BCUT2D eigenvalue weighted by molar-refractivity contribution is 0.102. The highest BCUT2D eigenvalue weighted by Crippen LogP contribution is 2.06. The summed E-state index contributed by atoms with van der Waals surface area (Å²) >= 11 is 0. The number of nitrogens with one attached hydrogen (secondary N) is 2. The number of carbonyl (C=O) groups excluding carboxylic acids is 1. The number of aromatic amines is 1. The lowest BCUT2D eigenvalue weighted by atomic mass is 10.3. The van der Waals surface area contributed by atoms with Crippen LogP contribution in [-0.4, -0.2) is 21.1 Å². The van der Waals surface area contributed by atoms with Crippen LogP contribution in [0.5, 0.6) is 0 Å². The van der Waals surface area contributed by atoms with Crippen molar-refractivity contribution in [3.8, 4) is 0 Å². The van der Waals surface area contributed by atoms with E-state index in [4.69, 9.17) is 0 Å². The number of hydrogen-bond donors (Lipinski definition) is 2. The third-order valence-electron chi connectivity index (χ3n) is 1.90. The van der Waals surface area contributed by atoms with Gasteiger partial charge in [-0.3, -0.25) is 9.59 Å². The fraction of sp³-hybridized carbons (Fsp3) is 0. The van der Waals surface area contributed by atoms with Crippen LogP contribution in [-0.2, 0) is 0 Å². The molecule has 2 aromatic heterocycles. The summed E-state index contributed by atoms with van der Waals surface area (Å²) in [5, 5.41) is 8.13. The van der Waals surface area contributed by atoms with E-state index in [1.165, 1.54) is 24.4 Å². The summed E-state index contributed by atoms with van der Waals surface area (Å²) in [6.07, 6.45) is 1.18. The Hall–Kier alpha value is -2.57. The zero-order valence-electron chi connectivity index (χ0n) is 8.48. The molecule has 2 N–H and O–H groups in total. The predicted molar refractivity (Wildman–Crippen MR) is 57.0 cm³/mol. The van der Waals surface area contributed by atoms with Gasteiger partial charge in [0.1, 0.15) is 5.69 Å². The van der Waals surface area contributed by atoms with Gasteiger partial charge in [0.2, 0.25) is 5.95 Å². The van der Waals surface area contributed by atoms with Crippen molar-refractivity contribution >= 4 is 11.6 Å². The molecule has 17 heavy (non-hydrogen) atoms. The van der Waals surface area contributed by atoms with Crippen LogP contribution in [0.1, 0.15) is 10.5 Å². The van der Waals surface area contributed by atoms with E-state index in [9.17, 15) is 14.0 Å². The molecule has 2 rings (SSSR count). The van der Waals surface area contributed by atoms with Crippen LogP contribution in [0, 0.1) is 5.95 Å². The number of nitrogens with zero attached hydrogens (tertiary/aromatic N) is 2. The molecule has 0 saturated carbocycles. The van der Waals surface area contributed by atoms with Crippen molar-refractivity contribution < 1.29 is 9.18 Å². The topological polar surface area (TPSA) is 87.7 Å². The number of hydrogen-bond acceptors (Lipinski definition) is 4. The van der Waals surface area contributed by atoms with Gasteiger partial charge in [-0.25, -0.2) is 10.1 Å². The lowest BCUT2D eigenvalue weighted by Gasteiger charge is -2.02. The highest BCUT2D eigenvalue weighted by Gasteiger charge is 2.07. The van der Waals surface area contributed by atoms with Gasteiger partial charge in [-0.05, 0) is 18.2 Å². The number of H-pyrrole nitrogens is 1. The number of amides is 1. The van der Waals surface area contributed by atoms with Gasteiger partial charge in [0.25, 0.3) is 11.5 Å². The van der Waals surface area contributed by atoms with E-state index < -0.39 is 17.4 Å². The molecule has 86 valence electrons. The van der Waals surface area contributed by atoms with Gasteiger partial charge in [-0.15, -0.1) is 0 Å². The molecule has 0 unspecified atom stereocenters. The number of pyridine rings is 1. The Morgan fingerprint density at radius 1 is 1.29 bits per heavy atom. The third-order valence-corrected chi connectivity index (χ3v) is 1.90. The third kappa shape index (κ3) is 2.71. The summed E-state index contributed by atoms with van der Waals surface area (Å²) in [4.78, 5) is 25.7. The van der Waals surface area contributed by atoms with Gasteiger partial charge < -0.3 is 5.32 Å². The molecule has 0 atom stereocenters. The number of halogens is 1. The van der Waals surface area contributed by atoms with Crippen molar-refractivity contribution in [2.24, 2.45) is 0 Å². The minimum absolute atomic E-state index is 0.0499. The minimum atomic E-state index is -0.634. The molecule has 2 aromatic rings. The molecule has 0 radical (unpaired) electrons. The largest absolute Gasteiger partial charge is 0.319 e. The molecule has 0 aliphatic rings. The maximum absolute atomic E-state index is 12.5. The quantitative estimate of drug-likeness (QED) is 0.743. The summed E-state index contributed by atoms with van der Waals surface area (Å²) in [5.41, 5.74) is -0.0108. The summed E-state index contributed by atoms with van der Waals surface area (Å²) in [7, 11) is 0. The second-order valence-electron chi connectivity index (χ2n) is 3.13. The number of rotatable bonds is 2. The monoisotopic (exact) mass is 234 g/mol. The fourth-order valence-electron chi connectivity index (χ4n) is 1.12. The van der Waals surface area contributed by atoms with E-state index >= 15 is 0 Å². The van der Waals surface area contributed by atoms with Gasteiger partial charge >= 0.3 is 0 Å². The molecule has 0 spiro atoms. The van der Waals surface area contributed by atoms with E-state index in [0.29, 0.717) is 5.69 Å². The van der Waals surface area contributed by atoms with Gasteiger partial charge in [0.15, 0.2) is 0 Å². The summed E-state index contributed by atoms with van der Waals surface area (Å²) in [5.74, 6) is -1.15. The Balaban J connectivity index is 2.14. The number of anilines is 1. The Morgan fingerprint density at radius 2 is 2.12 bits per heavy atom. The van der Waals surface area contributed by atoms with Crippen LogP contribution in [0.25, 0.3) is 0 Å². The first-order valence-electron chi connectivity index (χ1n) is 4.64. The van der Waals surface area contributed by atoms with E-state index in [1.54, 1.807) is 0 Å². The predicted octanol–water partition coefficient (Wildman–Crippen LogP) is 0.556. The SMILES string of the molecule is O=C(Nc1ccc(F)nc1)c1ccc(=O)[nH]n1. The molecule has 0 fully saturated rings. The smallest absolute Gasteiger partial charge is 0.276 e. The molecule has 0 bridgehead atoms. The number of aromatic nitrogens is 3. The summed E-state index contributed by atoms with van der Waals surface area (Å²) in [6.45, 7) is 0. The molecule has 2 heterocycles. The van der Waals surface area contributed by atoms with Crippen LogP contribution in [0.15, 0.2) is 35.3 Å². The first-order valence-corrected chi connectivity index (χ1v) is 4.64. The first kappa shape index (κ1) is 10.9. The minimum Gasteiger partial charge on any atom is -0.319 e. The molecule has 7 heteroatoms. The summed E-state index contributed by atoms with van der Waals surface area (Å²) in [6, 6.07) is 4.96. The summed E-state index contributed by atoms with van der Waals surface area (Å²) < 4.78 is 12.5. The first-order chi connectivity index (χ1) is 8.15. The van der Waals surface area contributed by atoms with Crippen molar-refractivity contribution in [1.29, 1.82) is 0 Å². The van der Waals surface area contributed by atoms with Crippen molar-refractivity contribution in [2.45, 2.75) is 0 Å². The maximum Gasteiger partial charge on any atom is 0.276 e. The molecule has 1 amide bonds. The van der Waals surface area contributed by atoms with Gasteiger partial charge in [-0.2, -0.15) is 9.49 Å². The molecule has 0 aromatic carbocycles. The highest BCUT2D eigenvalue weighted by atomic mass is 19.1. The Kier molecular flexibility index (Phi) is 2.91. The highest BCUT2D eigenvalue weighted by molar-refractivity contribution is 6.02. The molecule has 6 nitrogen and oxygen atoms in total. The van der Waals surface area contributed by atoms with Crippen LogP contribution in [0.3, 0.4) is 0 Å². The molecule has 0 aliphatic carbocycles. The second-order valence-corrected chi connectivity index (χ2v) is 3.13. The lowest BCUT2D eigenvalue weighted by Crippen LogP contribution is -2.17. The second kappa shape index (κ2) is 4.52. The van der Waals surface area contributed by atoms with Crippen LogP contribution >= 0.6 is 0 Å². The van der Waals surface area contributed by atoms with Crippen molar-refractivity contribution in [1.82, 2.24) is 15.2 Å². The fourth-order valence-corrected chi connectivity index (χ4v) is 1.12. The molecule has 0 aliphatic heterocycles. The van der Waals surface area contributed by atoms with E-state index in [2.05, 4.69) is 20.5 Å². The van der Waals surface area contributed by atoms with E-state index in [-0.39, 0.29) is 5.69 Å². The average Bonchev–Trinajstić information content (AvgIpc) is 2.33. The Bertz CT molecular complexity index is 574. The van der Waals surface area contributed by atoms with E-state index in [0.717, 1.165) is 6.07 Å². The Labute approximate surface area is 94.5 Å². The zero-order valence-corrected chi connectivity index (χ0v) is 8.48. The van der Waals surface area contributed by atoms with Gasteiger partial charge in [0.05, 0.1) is 11.9 Å². The molecule has 0 saturated heterocycles. The molecular formula is C10H7FN4O2. The Morgan fingerprint density at radius 3 is 2.71 bits per heavy atom. The van der Waals surface area contributed by atoms with Crippen LogP contribution in [0.2, 0.25) is 0 Å². The van der Waals surface area contributed by atoms with Gasteiger partial charge in [0, 0.05) is 6.07 Å². The standard InChI is InChI=1S/C10H7FN4O2/c11-8-3-1-6(5-12-8)13-10(17)7-2-4-9(16)15-14-7/h1-5H,(H,13,17)(H,15,16). The number of carbonyl (C=O) groups is 1. The average molecular weight is 234 g/mol.